The number of aliphatic carboxylic acids is 1. The van der Waals surface area contributed by atoms with Crippen LogP contribution in [0.4, 0.5) is 5.82 Å². The summed E-state index contributed by atoms with van der Waals surface area (Å²) < 4.78 is 17.9. The molecule has 2 aromatic carbocycles. The van der Waals surface area contributed by atoms with Crippen molar-refractivity contribution < 1.29 is 28.9 Å². The standard InChI is InChI=1S/C37H48N4O6/c1-36(2,3)23-16-17-25(45-9)22(19-23)20-39-30-29(37(4,5)6)32(35(43)44)41(31(30)24-13-12-18-38-33(24)40(7)8)34(42)28-21-46-26-14-10-11-15-27(26)47-28/h10-19,28-32,39H,20-21H2,1-9H3,(H,43,44)/t28-,29+,30+,31+,32+/m1/s1. The molecule has 10 heteroatoms. The minimum absolute atomic E-state index is 0.0337. The number of carbonyl (C=O) groups excluding carboxylic acids is 1. The maximum absolute atomic E-state index is 14.7. The molecule has 3 aromatic rings. The van der Waals surface area contributed by atoms with Crippen LogP contribution >= 0.6 is 0 Å². The third-order valence-electron chi connectivity index (χ3n) is 9.19. The monoisotopic (exact) mass is 644 g/mol. The van der Waals surface area contributed by atoms with Gasteiger partial charge < -0.3 is 34.4 Å². The maximum atomic E-state index is 14.7. The first kappa shape index (κ1) is 34.0. The lowest BCUT2D eigenvalue weighted by molar-refractivity contribution is -0.156. The fraction of sp³-hybridized carbons (Fsp3) is 0.486. The molecule has 0 aliphatic carbocycles. The van der Waals surface area contributed by atoms with Gasteiger partial charge in [-0.2, -0.15) is 0 Å². The van der Waals surface area contributed by atoms with E-state index in [0.29, 0.717) is 23.9 Å². The quantitative estimate of drug-likeness (QED) is 0.331. The average molecular weight is 645 g/mol. The first-order valence-corrected chi connectivity index (χ1v) is 16.1. The summed E-state index contributed by atoms with van der Waals surface area (Å²) in [6.45, 7) is 12.9. The molecule has 2 N–H and O–H groups in total. The van der Waals surface area contributed by atoms with Crippen molar-refractivity contribution in [3.05, 3.63) is 77.5 Å². The number of carboxylic acid groups (broad SMARTS) is 1. The number of ether oxygens (including phenoxy) is 3. The predicted octanol–water partition coefficient (Wildman–Crippen LogP) is 5.45. The Kier molecular flexibility index (Phi) is 9.46. The first-order chi connectivity index (χ1) is 22.1. The van der Waals surface area contributed by atoms with Gasteiger partial charge >= 0.3 is 5.97 Å². The molecule has 2 aliphatic heterocycles. The van der Waals surface area contributed by atoms with E-state index < -0.39 is 47.4 Å². The number of pyridine rings is 1. The van der Waals surface area contributed by atoms with Crippen LogP contribution in [0.2, 0.25) is 0 Å². The van der Waals surface area contributed by atoms with Gasteiger partial charge in [0.15, 0.2) is 11.5 Å². The number of anilines is 1. The number of rotatable bonds is 8. The Morgan fingerprint density at radius 2 is 1.74 bits per heavy atom. The second-order valence-electron chi connectivity index (χ2n) is 14.7. The molecule has 10 nitrogen and oxygen atoms in total. The molecule has 47 heavy (non-hydrogen) atoms. The number of para-hydroxylation sites is 2. The van der Waals surface area contributed by atoms with Crippen molar-refractivity contribution in [3.63, 3.8) is 0 Å². The van der Waals surface area contributed by atoms with Crippen LogP contribution in [-0.2, 0) is 21.5 Å². The fourth-order valence-electron chi connectivity index (χ4n) is 6.99. The van der Waals surface area contributed by atoms with Crippen LogP contribution in [0.3, 0.4) is 0 Å². The van der Waals surface area contributed by atoms with Gasteiger partial charge in [-0.3, -0.25) is 4.79 Å². The van der Waals surface area contributed by atoms with Crippen molar-refractivity contribution in [1.82, 2.24) is 15.2 Å². The number of likely N-dealkylation sites (tertiary alicyclic amines) is 1. The summed E-state index contributed by atoms with van der Waals surface area (Å²) in [5.74, 6) is 0.352. The van der Waals surface area contributed by atoms with E-state index in [1.165, 1.54) is 4.90 Å². The number of carbonyl (C=O) groups is 2. The van der Waals surface area contributed by atoms with Crippen LogP contribution < -0.4 is 24.4 Å². The van der Waals surface area contributed by atoms with Gasteiger partial charge in [0.2, 0.25) is 6.10 Å². The van der Waals surface area contributed by atoms with Crippen molar-refractivity contribution >= 4 is 17.7 Å². The molecule has 0 bridgehead atoms. The van der Waals surface area contributed by atoms with Crippen molar-refractivity contribution in [1.29, 1.82) is 0 Å². The summed E-state index contributed by atoms with van der Waals surface area (Å²) in [6, 6.07) is 14.8. The van der Waals surface area contributed by atoms with Crippen LogP contribution in [0.5, 0.6) is 17.2 Å². The van der Waals surface area contributed by atoms with E-state index in [-0.39, 0.29) is 12.0 Å². The van der Waals surface area contributed by atoms with Crippen molar-refractivity contribution in [3.8, 4) is 17.2 Å². The number of hydrogen-bond donors (Lipinski definition) is 2. The molecule has 1 saturated heterocycles. The van der Waals surface area contributed by atoms with Gasteiger partial charge in [-0.25, -0.2) is 9.78 Å². The number of nitrogens with one attached hydrogen (secondary N) is 1. The summed E-state index contributed by atoms with van der Waals surface area (Å²) in [5.41, 5.74) is 2.24. The predicted molar refractivity (Wildman–Crippen MR) is 181 cm³/mol. The van der Waals surface area contributed by atoms with Gasteiger partial charge in [0.25, 0.3) is 5.91 Å². The van der Waals surface area contributed by atoms with Crippen LogP contribution in [-0.4, -0.2) is 72.9 Å². The van der Waals surface area contributed by atoms with Crippen LogP contribution in [0, 0.1) is 11.3 Å². The van der Waals surface area contributed by atoms with E-state index in [0.717, 1.165) is 22.4 Å². The highest BCUT2D eigenvalue weighted by molar-refractivity contribution is 5.89. The van der Waals surface area contributed by atoms with Crippen molar-refractivity contribution in [2.75, 3.05) is 32.7 Å². The van der Waals surface area contributed by atoms with E-state index in [2.05, 4.69) is 43.2 Å². The van der Waals surface area contributed by atoms with Crippen LogP contribution in [0.25, 0.3) is 0 Å². The molecular formula is C37H48N4O6. The second kappa shape index (κ2) is 13.1. The molecule has 0 radical (unpaired) electrons. The molecule has 1 fully saturated rings. The maximum Gasteiger partial charge on any atom is 0.326 e. The molecule has 252 valence electrons. The van der Waals surface area contributed by atoms with Gasteiger partial charge in [0, 0.05) is 49.9 Å². The van der Waals surface area contributed by atoms with E-state index in [1.807, 2.05) is 70.1 Å². The minimum atomic E-state index is -1.16. The summed E-state index contributed by atoms with van der Waals surface area (Å²) in [6.07, 6.45) is 0.674. The summed E-state index contributed by atoms with van der Waals surface area (Å²) in [7, 11) is 5.43. The lowest BCUT2D eigenvalue weighted by atomic mass is 9.72. The Morgan fingerprint density at radius 3 is 2.36 bits per heavy atom. The molecule has 2 aliphatic rings. The number of amides is 1. The van der Waals surface area contributed by atoms with Gasteiger partial charge in [-0.15, -0.1) is 0 Å². The minimum Gasteiger partial charge on any atom is -0.496 e. The second-order valence-corrected chi connectivity index (χ2v) is 14.7. The highest BCUT2D eigenvalue weighted by Gasteiger charge is 2.59. The number of aromatic nitrogens is 1. The van der Waals surface area contributed by atoms with Gasteiger partial charge in [0.05, 0.1) is 13.2 Å². The molecule has 0 spiro atoms. The van der Waals surface area contributed by atoms with E-state index in [9.17, 15) is 14.7 Å². The summed E-state index contributed by atoms with van der Waals surface area (Å²) in [5, 5.41) is 14.7. The van der Waals surface area contributed by atoms with Gasteiger partial charge in [0.1, 0.15) is 24.2 Å². The van der Waals surface area contributed by atoms with E-state index >= 15 is 0 Å². The van der Waals surface area contributed by atoms with Crippen molar-refractivity contribution in [2.24, 2.45) is 11.3 Å². The third kappa shape index (κ3) is 6.74. The lowest BCUT2D eigenvalue weighted by Gasteiger charge is -2.36. The zero-order valence-electron chi connectivity index (χ0n) is 28.9. The molecule has 0 saturated carbocycles. The molecule has 0 unspecified atom stereocenters. The number of carboxylic acids is 1. The highest BCUT2D eigenvalue weighted by Crippen LogP contribution is 2.50. The SMILES string of the molecule is COc1ccc(C(C)(C)C)cc1CN[C@H]1[C@H](C(C)(C)C)[C@@H](C(=O)O)N(C(=O)[C@H]2COc3ccccc3O2)[C@H]1c1cccnc1N(C)C. The number of fused-ring (bicyclic) bond motifs is 1. The summed E-state index contributed by atoms with van der Waals surface area (Å²) in [4.78, 5) is 36.2. The number of benzene rings is 2. The third-order valence-corrected chi connectivity index (χ3v) is 9.19. The highest BCUT2D eigenvalue weighted by atomic mass is 16.6. The topological polar surface area (TPSA) is 113 Å². The van der Waals surface area contributed by atoms with E-state index in [1.54, 1.807) is 25.4 Å². The molecule has 1 amide bonds. The molecule has 5 atom stereocenters. The lowest BCUT2D eigenvalue weighted by Crippen LogP contribution is -2.53. The molecule has 1 aromatic heterocycles. The van der Waals surface area contributed by atoms with Gasteiger partial charge in [-0.05, 0) is 40.7 Å². The average Bonchev–Trinajstić information content (AvgIpc) is 3.38. The Hall–Kier alpha value is -4.31. The normalized spacial score (nSPS) is 22.6. The number of hydrogen-bond acceptors (Lipinski definition) is 8. The Labute approximate surface area is 278 Å². The Bertz CT molecular complexity index is 1610. The van der Waals surface area contributed by atoms with Crippen LogP contribution in [0.1, 0.15) is 64.3 Å². The fourth-order valence-corrected chi connectivity index (χ4v) is 6.99. The smallest absolute Gasteiger partial charge is 0.326 e. The van der Waals surface area contributed by atoms with Crippen LogP contribution in [0.15, 0.2) is 60.8 Å². The first-order valence-electron chi connectivity index (χ1n) is 16.1. The zero-order chi connectivity index (χ0) is 34.3. The van der Waals surface area contributed by atoms with E-state index in [4.69, 9.17) is 14.2 Å². The molecular weight excluding hydrogens is 596 g/mol. The molecule has 3 heterocycles. The largest absolute Gasteiger partial charge is 0.496 e. The Morgan fingerprint density at radius 1 is 1.04 bits per heavy atom. The van der Waals surface area contributed by atoms with Crippen molar-refractivity contribution in [2.45, 2.75) is 77.7 Å². The Balaban J connectivity index is 1.65. The number of methoxy groups -OCH3 is 1. The number of nitrogens with zero attached hydrogens (tertiary/aromatic N) is 3. The zero-order valence-corrected chi connectivity index (χ0v) is 28.9. The summed E-state index contributed by atoms with van der Waals surface area (Å²) >= 11 is 0. The molecule has 5 rings (SSSR count). The van der Waals surface area contributed by atoms with Gasteiger partial charge in [-0.1, -0.05) is 71.9 Å².